The van der Waals surface area contributed by atoms with E-state index < -0.39 is 0 Å². The highest BCUT2D eigenvalue weighted by atomic mass is 32.1. The second-order valence-electron chi connectivity index (χ2n) is 4.50. The van der Waals surface area contributed by atoms with Crippen molar-refractivity contribution in [3.05, 3.63) is 33.3 Å². The first kappa shape index (κ1) is 10.5. The third kappa shape index (κ3) is 1.58. The van der Waals surface area contributed by atoms with E-state index >= 15 is 0 Å². The first-order valence-corrected chi connectivity index (χ1v) is 6.12. The third-order valence-electron chi connectivity index (χ3n) is 3.39. The van der Waals surface area contributed by atoms with E-state index in [1.807, 2.05) is 0 Å². The summed E-state index contributed by atoms with van der Waals surface area (Å²) in [4.78, 5) is 15.4. The van der Waals surface area contributed by atoms with Crippen molar-refractivity contribution in [2.75, 3.05) is 5.73 Å². The molecule has 0 saturated heterocycles. The van der Waals surface area contributed by atoms with Gasteiger partial charge in [-0.1, -0.05) is 0 Å². The Morgan fingerprint density at radius 1 is 1.41 bits per heavy atom. The van der Waals surface area contributed by atoms with Gasteiger partial charge < -0.3 is 10.7 Å². The van der Waals surface area contributed by atoms with Crippen molar-refractivity contribution in [1.29, 1.82) is 0 Å². The van der Waals surface area contributed by atoms with Crippen molar-refractivity contribution < 1.29 is 0 Å². The zero-order valence-electron chi connectivity index (χ0n) is 9.27. The van der Waals surface area contributed by atoms with E-state index in [1.165, 1.54) is 6.42 Å². The number of nitrogens with one attached hydrogen (secondary N) is 1. The summed E-state index contributed by atoms with van der Waals surface area (Å²) in [6, 6.07) is 5.52. The summed E-state index contributed by atoms with van der Waals surface area (Å²) in [7, 11) is 0. The average Bonchev–Trinajstić information content (AvgIpc) is 2.20. The first-order chi connectivity index (χ1) is 8.16. The molecule has 0 amide bonds. The normalized spacial score (nSPS) is 16.0. The average molecular weight is 247 g/mol. The highest BCUT2D eigenvalue weighted by Crippen LogP contribution is 2.30. The first-order valence-electron chi connectivity index (χ1n) is 5.71. The van der Waals surface area contributed by atoms with Gasteiger partial charge >= 0.3 is 0 Å². The maximum atomic E-state index is 12.3. The minimum absolute atomic E-state index is 0.00606. The van der Waals surface area contributed by atoms with E-state index in [1.54, 1.807) is 22.8 Å². The molecule has 1 aromatic heterocycles. The number of benzene rings is 1. The number of aromatic nitrogens is 2. The van der Waals surface area contributed by atoms with Crippen molar-refractivity contribution >= 4 is 28.8 Å². The molecule has 1 heterocycles. The summed E-state index contributed by atoms with van der Waals surface area (Å²) in [5.74, 6) is 0. The van der Waals surface area contributed by atoms with Gasteiger partial charge in [-0.2, -0.15) is 0 Å². The maximum absolute atomic E-state index is 12.3. The standard InChI is InChI=1S/C12H13N3OS/c13-7-4-5-9-10(6-7)14-12(17)15(11(9)16)8-2-1-3-8/h4-6,8H,1-3,13H2,(H,14,17). The smallest absolute Gasteiger partial charge is 0.262 e. The van der Waals surface area contributed by atoms with Gasteiger partial charge in [0.25, 0.3) is 5.56 Å². The van der Waals surface area contributed by atoms with Gasteiger partial charge in [0.2, 0.25) is 0 Å². The quantitative estimate of drug-likeness (QED) is 0.600. The van der Waals surface area contributed by atoms with Gasteiger partial charge in [-0.3, -0.25) is 9.36 Å². The number of nitrogens with two attached hydrogens (primary N) is 1. The predicted molar refractivity (Wildman–Crippen MR) is 70.7 cm³/mol. The molecule has 0 aliphatic heterocycles. The maximum Gasteiger partial charge on any atom is 0.262 e. The van der Waals surface area contributed by atoms with Crippen LogP contribution >= 0.6 is 12.2 Å². The van der Waals surface area contributed by atoms with Crippen molar-refractivity contribution in [3.8, 4) is 0 Å². The summed E-state index contributed by atoms with van der Waals surface area (Å²) in [5, 5.41) is 0.653. The largest absolute Gasteiger partial charge is 0.399 e. The molecule has 4 nitrogen and oxygen atoms in total. The predicted octanol–water partition coefficient (Wildman–Crippen LogP) is 2.37. The fourth-order valence-electron chi connectivity index (χ4n) is 2.23. The van der Waals surface area contributed by atoms with Crippen LogP contribution in [0.15, 0.2) is 23.0 Å². The lowest BCUT2D eigenvalue weighted by Crippen LogP contribution is -2.30. The summed E-state index contributed by atoms with van der Waals surface area (Å²) in [6.07, 6.45) is 3.25. The summed E-state index contributed by atoms with van der Waals surface area (Å²) in [6.45, 7) is 0. The van der Waals surface area contributed by atoms with Crippen molar-refractivity contribution in [2.24, 2.45) is 0 Å². The lowest BCUT2D eigenvalue weighted by Gasteiger charge is -2.27. The molecule has 0 bridgehead atoms. The second-order valence-corrected chi connectivity index (χ2v) is 4.88. The van der Waals surface area contributed by atoms with Crippen LogP contribution in [0.3, 0.4) is 0 Å². The second kappa shape index (κ2) is 3.70. The van der Waals surface area contributed by atoms with Crippen LogP contribution < -0.4 is 11.3 Å². The molecule has 1 aliphatic carbocycles. The Balaban J connectivity index is 2.35. The Morgan fingerprint density at radius 3 is 2.82 bits per heavy atom. The molecule has 3 N–H and O–H groups in total. The molecule has 0 unspecified atom stereocenters. The topological polar surface area (TPSA) is 63.8 Å². The van der Waals surface area contributed by atoms with Crippen molar-refractivity contribution in [2.45, 2.75) is 25.3 Å². The van der Waals surface area contributed by atoms with Gasteiger partial charge in [0, 0.05) is 11.7 Å². The van der Waals surface area contributed by atoms with Crippen molar-refractivity contribution in [3.63, 3.8) is 0 Å². The molecule has 3 rings (SSSR count). The van der Waals surface area contributed by atoms with E-state index in [2.05, 4.69) is 4.98 Å². The van der Waals surface area contributed by atoms with Crippen LogP contribution in [-0.2, 0) is 0 Å². The molecule has 0 radical (unpaired) electrons. The van der Waals surface area contributed by atoms with Gasteiger partial charge in [0.1, 0.15) is 0 Å². The third-order valence-corrected chi connectivity index (χ3v) is 3.69. The molecule has 0 atom stereocenters. The molecule has 1 aromatic carbocycles. The number of anilines is 1. The zero-order chi connectivity index (χ0) is 12.0. The number of rotatable bonds is 1. The minimum Gasteiger partial charge on any atom is -0.399 e. The Morgan fingerprint density at radius 2 is 2.18 bits per heavy atom. The molecule has 1 fully saturated rings. The number of nitrogen functional groups attached to an aromatic ring is 1. The Kier molecular flexibility index (Phi) is 2.29. The van der Waals surface area contributed by atoms with Crippen molar-refractivity contribution in [1.82, 2.24) is 9.55 Å². The number of fused-ring (bicyclic) bond motifs is 1. The molecule has 1 saturated carbocycles. The molecular formula is C12H13N3OS. The fourth-order valence-corrected chi connectivity index (χ4v) is 2.57. The Labute approximate surface area is 103 Å². The number of hydrogen-bond donors (Lipinski definition) is 2. The van der Waals surface area contributed by atoms with Crippen LogP contribution in [0.25, 0.3) is 10.9 Å². The summed E-state index contributed by atoms with van der Waals surface area (Å²) in [5.41, 5.74) is 7.04. The molecule has 88 valence electrons. The highest BCUT2D eigenvalue weighted by Gasteiger charge is 2.22. The van der Waals surface area contributed by atoms with Crippen LogP contribution in [0.5, 0.6) is 0 Å². The van der Waals surface area contributed by atoms with Gasteiger partial charge in [0.05, 0.1) is 10.9 Å². The van der Waals surface area contributed by atoms with E-state index in [9.17, 15) is 4.79 Å². The fraction of sp³-hybridized carbons (Fsp3) is 0.333. The lowest BCUT2D eigenvalue weighted by molar-refractivity contribution is 0.302. The van der Waals surface area contributed by atoms with E-state index in [0.29, 0.717) is 15.8 Å². The van der Waals surface area contributed by atoms with E-state index in [4.69, 9.17) is 18.0 Å². The van der Waals surface area contributed by atoms with Crippen LogP contribution in [0, 0.1) is 4.77 Å². The number of nitrogens with zero attached hydrogens (tertiary/aromatic N) is 1. The van der Waals surface area contributed by atoms with E-state index in [0.717, 1.165) is 18.4 Å². The van der Waals surface area contributed by atoms with Gasteiger partial charge in [-0.05, 0) is 49.7 Å². The minimum atomic E-state index is -0.00606. The summed E-state index contributed by atoms with van der Waals surface area (Å²) < 4.78 is 2.20. The van der Waals surface area contributed by atoms with Crippen LogP contribution in [0.1, 0.15) is 25.3 Å². The van der Waals surface area contributed by atoms with Crippen LogP contribution in [0.4, 0.5) is 5.69 Å². The molecule has 2 aromatic rings. The van der Waals surface area contributed by atoms with Gasteiger partial charge in [-0.15, -0.1) is 0 Å². The molecular weight excluding hydrogens is 234 g/mol. The Bertz CT molecular complexity index is 697. The Hall–Kier alpha value is -1.62. The SMILES string of the molecule is Nc1ccc2c(=O)n(C3CCC3)c(=S)[nH]c2c1. The molecule has 5 heteroatoms. The van der Waals surface area contributed by atoms with Crippen LogP contribution in [0.2, 0.25) is 0 Å². The highest BCUT2D eigenvalue weighted by molar-refractivity contribution is 7.71. The van der Waals surface area contributed by atoms with Gasteiger partial charge in [-0.25, -0.2) is 0 Å². The molecule has 0 spiro atoms. The summed E-state index contributed by atoms with van der Waals surface area (Å²) >= 11 is 5.25. The lowest BCUT2D eigenvalue weighted by atomic mass is 9.93. The van der Waals surface area contributed by atoms with E-state index in [-0.39, 0.29) is 11.6 Å². The molecule has 17 heavy (non-hydrogen) atoms. The monoisotopic (exact) mass is 247 g/mol. The van der Waals surface area contributed by atoms with Crippen LogP contribution in [-0.4, -0.2) is 9.55 Å². The molecule has 1 aliphatic rings. The number of hydrogen-bond acceptors (Lipinski definition) is 3. The van der Waals surface area contributed by atoms with Gasteiger partial charge in [0.15, 0.2) is 4.77 Å². The number of aromatic amines is 1. The number of H-pyrrole nitrogens is 1. The zero-order valence-corrected chi connectivity index (χ0v) is 10.1.